The number of carbonyl (C=O) groups excluding carboxylic acids is 1. The Hall–Kier alpha value is -1.62. The predicted octanol–water partition coefficient (Wildman–Crippen LogP) is 3.22. The molecule has 1 aromatic rings. The van der Waals surface area contributed by atoms with Crippen LogP contribution in [0.2, 0.25) is 0 Å². The van der Waals surface area contributed by atoms with Gasteiger partial charge in [0, 0.05) is 26.7 Å². The van der Waals surface area contributed by atoms with Crippen LogP contribution in [0.1, 0.15) is 38.8 Å². The van der Waals surface area contributed by atoms with Gasteiger partial charge in [-0.15, -0.1) is 24.0 Å². The topological polar surface area (TPSA) is 69.2 Å². The number of alkyl carbamates (subject to hydrolysis) is 1. The second kappa shape index (κ2) is 11.7. The molecule has 7 nitrogen and oxygen atoms in total. The molecule has 1 amide bonds. The minimum Gasteiger partial charge on any atom is -0.444 e. The minimum absolute atomic E-state index is 0. The molecule has 1 heterocycles. The smallest absolute Gasteiger partial charge is 0.407 e. The monoisotopic (exact) mass is 535 g/mol. The maximum absolute atomic E-state index is 13.6. The van der Waals surface area contributed by atoms with Crippen LogP contribution < -0.4 is 10.6 Å². The van der Waals surface area contributed by atoms with Gasteiger partial charge in [-0.05, 0) is 59.0 Å². The Balaban J connectivity index is 0.00000450. The number of hydrogen-bond acceptors (Lipinski definition) is 4. The van der Waals surface area contributed by atoms with Crippen molar-refractivity contribution in [1.82, 2.24) is 20.4 Å². The van der Waals surface area contributed by atoms with Crippen LogP contribution in [0.3, 0.4) is 0 Å². The average Bonchev–Trinajstić information content (AvgIpc) is 3.04. The minimum atomic E-state index is -0.516. The van der Waals surface area contributed by atoms with Gasteiger partial charge < -0.3 is 25.2 Å². The first-order valence-electron chi connectivity index (χ1n) is 9.96. The Morgan fingerprint density at radius 1 is 1.40 bits per heavy atom. The van der Waals surface area contributed by atoms with Crippen molar-refractivity contribution >= 4 is 36.0 Å². The van der Waals surface area contributed by atoms with Gasteiger partial charge in [0.15, 0.2) is 5.96 Å². The van der Waals surface area contributed by atoms with Gasteiger partial charge in [-0.2, -0.15) is 0 Å². The van der Waals surface area contributed by atoms with Gasteiger partial charge >= 0.3 is 6.09 Å². The van der Waals surface area contributed by atoms with Gasteiger partial charge in [-0.3, -0.25) is 4.99 Å². The van der Waals surface area contributed by atoms with Gasteiger partial charge in [-0.1, -0.05) is 12.1 Å². The molecule has 1 aromatic carbocycles. The second-order valence-electron chi connectivity index (χ2n) is 8.54. The molecule has 1 saturated heterocycles. The van der Waals surface area contributed by atoms with E-state index >= 15 is 0 Å². The maximum atomic E-state index is 13.6. The molecule has 9 heteroatoms. The lowest BCUT2D eigenvalue weighted by Gasteiger charge is -2.28. The first-order valence-corrected chi connectivity index (χ1v) is 9.96. The highest BCUT2D eigenvalue weighted by Crippen LogP contribution is 2.19. The van der Waals surface area contributed by atoms with Crippen LogP contribution >= 0.6 is 24.0 Å². The van der Waals surface area contributed by atoms with Gasteiger partial charge in [0.05, 0.1) is 12.1 Å². The Labute approximate surface area is 196 Å². The van der Waals surface area contributed by atoms with Crippen LogP contribution in [0.4, 0.5) is 9.18 Å². The highest BCUT2D eigenvalue weighted by atomic mass is 127. The molecule has 170 valence electrons. The molecule has 2 N–H and O–H groups in total. The van der Waals surface area contributed by atoms with E-state index in [4.69, 9.17) is 4.74 Å². The molecule has 1 fully saturated rings. The van der Waals surface area contributed by atoms with E-state index in [1.807, 2.05) is 45.8 Å². The molecule has 0 spiro atoms. The number of halogens is 2. The molecule has 1 aliphatic heterocycles. The lowest BCUT2D eigenvalue weighted by molar-refractivity contribution is 0.0507. The highest BCUT2D eigenvalue weighted by Gasteiger charge is 2.28. The average molecular weight is 535 g/mol. The van der Waals surface area contributed by atoms with Gasteiger partial charge in [0.25, 0.3) is 0 Å². The Kier molecular flexibility index (Phi) is 10.3. The van der Waals surface area contributed by atoms with E-state index in [1.54, 1.807) is 19.2 Å². The number of likely N-dealkylation sites (tertiary alicyclic amines) is 1. The summed E-state index contributed by atoms with van der Waals surface area (Å²) in [5.41, 5.74) is 0.391. The molecule has 0 aromatic heterocycles. The number of amides is 1. The van der Waals surface area contributed by atoms with Crippen LogP contribution in [-0.2, 0) is 4.74 Å². The summed E-state index contributed by atoms with van der Waals surface area (Å²) in [7, 11) is 5.68. The Morgan fingerprint density at radius 2 is 2.10 bits per heavy atom. The summed E-state index contributed by atoms with van der Waals surface area (Å²) in [6, 6.07) is 6.67. The molecule has 0 radical (unpaired) electrons. The molecular formula is C21H35FIN5O2. The normalized spacial score (nSPS) is 18.1. The number of likely N-dealkylation sites (N-methyl/N-ethyl adjacent to an activating group) is 1. The van der Waals surface area contributed by atoms with Crippen molar-refractivity contribution in [2.24, 2.45) is 4.99 Å². The summed E-state index contributed by atoms with van der Waals surface area (Å²) < 4.78 is 19.0. The standard InChI is InChI=1S/C21H34FN5O2.HI/c1-21(2,3)29-20(28)25-17-10-11-27(14-17)19(23-4)24-13-18(26(5)6)15-8-7-9-16(22)12-15;/h7-9,12,17-18H,10-11,13-14H2,1-6H3,(H,23,24)(H,25,28);1H. The molecule has 2 rings (SSSR count). The third-order valence-electron chi connectivity index (χ3n) is 4.73. The number of nitrogens with one attached hydrogen (secondary N) is 2. The SMILES string of the molecule is CN=C(NCC(c1cccc(F)c1)N(C)C)N1CCC(NC(=O)OC(C)(C)C)C1.I. The van der Waals surface area contributed by atoms with Crippen LogP contribution in [0, 0.1) is 5.82 Å². The molecule has 2 unspecified atom stereocenters. The van der Waals surface area contributed by atoms with Gasteiger partial charge in [-0.25, -0.2) is 9.18 Å². The number of carbonyl (C=O) groups is 1. The number of hydrogen-bond donors (Lipinski definition) is 2. The van der Waals surface area contributed by atoms with E-state index in [1.165, 1.54) is 6.07 Å². The van der Waals surface area contributed by atoms with Crippen LogP contribution in [0.5, 0.6) is 0 Å². The van der Waals surface area contributed by atoms with E-state index in [-0.39, 0.29) is 41.9 Å². The van der Waals surface area contributed by atoms with Crippen LogP contribution in [-0.4, -0.2) is 74.3 Å². The number of aliphatic imine (C=N–C) groups is 1. The molecule has 0 aliphatic carbocycles. The van der Waals surface area contributed by atoms with E-state index in [2.05, 4.69) is 20.5 Å². The number of nitrogens with zero attached hydrogens (tertiary/aromatic N) is 3. The predicted molar refractivity (Wildman–Crippen MR) is 129 cm³/mol. The van der Waals surface area contributed by atoms with Crippen LogP contribution in [0.25, 0.3) is 0 Å². The fourth-order valence-corrected chi connectivity index (χ4v) is 3.38. The Bertz CT molecular complexity index is 724. The molecule has 1 aliphatic rings. The Morgan fingerprint density at radius 3 is 2.67 bits per heavy atom. The fraction of sp³-hybridized carbons (Fsp3) is 0.619. The van der Waals surface area contributed by atoms with E-state index in [0.29, 0.717) is 13.1 Å². The third-order valence-corrected chi connectivity index (χ3v) is 4.73. The number of benzene rings is 1. The van der Waals surface area contributed by atoms with Crippen molar-refractivity contribution in [2.45, 2.75) is 44.9 Å². The number of guanidine groups is 1. The summed E-state index contributed by atoms with van der Waals surface area (Å²) in [5, 5.41) is 6.31. The molecule has 0 bridgehead atoms. The van der Waals surface area contributed by atoms with Crippen molar-refractivity contribution in [3.8, 4) is 0 Å². The second-order valence-corrected chi connectivity index (χ2v) is 8.54. The lowest BCUT2D eigenvalue weighted by Crippen LogP contribution is -2.45. The third kappa shape index (κ3) is 8.25. The summed E-state index contributed by atoms with van der Waals surface area (Å²) in [5.74, 6) is 0.524. The quantitative estimate of drug-likeness (QED) is 0.345. The molecule has 2 atom stereocenters. The summed E-state index contributed by atoms with van der Waals surface area (Å²) in [6.45, 7) is 7.57. The lowest BCUT2D eigenvalue weighted by atomic mass is 10.1. The molecule has 30 heavy (non-hydrogen) atoms. The van der Waals surface area contributed by atoms with Gasteiger partial charge in [0.1, 0.15) is 11.4 Å². The first-order chi connectivity index (χ1) is 13.6. The zero-order valence-electron chi connectivity index (χ0n) is 18.7. The summed E-state index contributed by atoms with van der Waals surface area (Å²) >= 11 is 0. The van der Waals surface area contributed by atoms with Crippen LogP contribution in [0.15, 0.2) is 29.3 Å². The fourth-order valence-electron chi connectivity index (χ4n) is 3.38. The summed E-state index contributed by atoms with van der Waals surface area (Å²) in [6.07, 6.45) is 0.423. The first kappa shape index (κ1) is 26.4. The zero-order valence-corrected chi connectivity index (χ0v) is 21.1. The van der Waals surface area contributed by atoms with Crippen molar-refractivity contribution in [3.63, 3.8) is 0 Å². The van der Waals surface area contributed by atoms with Crippen molar-refractivity contribution in [3.05, 3.63) is 35.6 Å². The van der Waals surface area contributed by atoms with E-state index < -0.39 is 11.7 Å². The zero-order chi connectivity index (χ0) is 21.6. The number of rotatable bonds is 5. The van der Waals surface area contributed by atoms with E-state index in [9.17, 15) is 9.18 Å². The largest absolute Gasteiger partial charge is 0.444 e. The van der Waals surface area contributed by atoms with Crippen molar-refractivity contribution < 1.29 is 13.9 Å². The van der Waals surface area contributed by atoms with Gasteiger partial charge in [0.2, 0.25) is 0 Å². The summed E-state index contributed by atoms with van der Waals surface area (Å²) in [4.78, 5) is 20.5. The van der Waals surface area contributed by atoms with E-state index in [0.717, 1.165) is 24.5 Å². The van der Waals surface area contributed by atoms with Crippen molar-refractivity contribution in [2.75, 3.05) is 40.8 Å². The maximum Gasteiger partial charge on any atom is 0.407 e. The number of ether oxygens (including phenoxy) is 1. The molecular weight excluding hydrogens is 500 g/mol. The van der Waals surface area contributed by atoms with Crippen molar-refractivity contribution in [1.29, 1.82) is 0 Å². The molecule has 0 saturated carbocycles. The highest BCUT2D eigenvalue weighted by molar-refractivity contribution is 14.0.